The zero-order valence-corrected chi connectivity index (χ0v) is 19.3. The number of methoxy groups -OCH3 is 2. The molecule has 0 radical (unpaired) electrons. The van der Waals surface area contributed by atoms with Gasteiger partial charge in [0.15, 0.2) is 5.82 Å². The first-order chi connectivity index (χ1) is 16.2. The lowest BCUT2D eigenvalue weighted by atomic mass is 10.0. The van der Waals surface area contributed by atoms with Crippen molar-refractivity contribution in [1.29, 1.82) is 0 Å². The van der Waals surface area contributed by atoms with Crippen LogP contribution < -0.4 is 14.8 Å². The van der Waals surface area contributed by atoms with Crippen LogP contribution in [-0.2, 0) is 7.05 Å². The molecule has 0 aliphatic carbocycles. The van der Waals surface area contributed by atoms with E-state index in [0.717, 1.165) is 33.0 Å². The van der Waals surface area contributed by atoms with Gasteiger partial charge in [-0.25, -0.2) is 15.0 Å². The second kappa shape index (κ2) is 8.91. The maximum Gasteiger partial charge on any atom is 0.172 e. The van der Waals surface area contributed by atoms with E-state index in [1.54, 1.807) is 31.8 Å². The van der Waals surface area contributed by atoms with Crippen molar-refractivity contribution >= 4 is 28.1 Å². The second-order valence-corrected chi connectivity index (χ2v) is 8.46. The number of imidazole rings is 1. The monoisotopic (exact) mass is 457 g/mol. The lowest BCUT2D eigenvalue weighted by molar-refractivity contribution is 0.393. The van der Waals surface area contributed by atoms with Crippen LogP contribution in [0.25, 0.3) is 21.6 Å². The van der Waals surface area contributed by atoms with Gasteiger partial charge in [-0.05, 0) is 41.3 Å². The number of fused-ring (bicyclic) bond motifs is 1. The van der Waals surface area contributed by atoms with Gasteiger partial charge in [-0.15, -0.1) is 11.3 Å². The number of benzene rings is 2. The van der Waals surface area contributed by atoms with Crippen molar-refractivity contribution in [2.75, 3.05) is 19.5 Å². The van der Waals surface area contributed by atoms with Crippen molar-refractivity contribution < 1.29 is 9.47 Å². The van der Waals surface area contributed by atoms with Gasteiger partial charge < -0.3 is 19.4 Å². The number of nitrogens with zero attached hydrogens (tertiary/aromatic N) is 4. The molecule has 0 amide bonds. The molecule has 5 aromatic rings. The Balaban J connectivity index is 1.68. The Morgan fingerprint density at radius 1 is 0.970 bits per heavy atom. The molecule has 33 heavy (non-hydrogen) atoms. The van der Waals surface area contributed by atoms with E-state index in [1.165, 1.54) is 0 Å². The molecule has 1 atom stereocenters. The lowest BCUT2D eigenvalue weighted by Gasteiger charge is -2.22. The van der Waals surface area contributed by atoms with Gasteiger partial charge in [-0.2, -0.15) is 0 Å². The first-order valence-electron chi connectivity index (χ1n) is 10.4. The Morgan fingerprint density at radius 3 is 2.42 bits per heavy atom. The van der Waals surface area contributed by atoms with Crippen LogP contribution in [0.15, 0.2) is 72.4 Å². The van der Waals surface area contributed by atoms with Gasteiger partial charge in [0.1, 0.15) is 29.2 Å². The molecule has 0 aliphatic heterocycles. The number of rotatable bonds is 7. The van der Waals surface area contributed by atoms with Crippen LogP contribution in [0.4, 0.5) is 5.82 Å². The molecule has 0 spiro atoms. The van der Waals surface area contributed by atoms with Gasteiger partial charge in [-0.1, -0.05) is 18.2 Å². The predicted molar refractivity (Wildman–Crippen MR) is 131 cm³/mol. The maximum atomic E-state index is 5.52. The molecular formula is C25H23N5O2S. The molecule has 0 bridgehead atoms. The van der Waals surface area contributed by atoms with Gasteiger partial charge in [0.05, 0.1) is 24.6 Å². The van der Waals surface area contributed by atoms with Crippen molar-refractivity contribution in [2.24, 2.45) is 7.05 Å². The molecule has 166 valence electrons. The number of aryl methyl sites for hydroxylation is 1. The summed E-state index contributed by atoms with van der Waals surface area (Å²) in [6.45, 7) is 0. The molecule has 5 rings (SSSR count). The van der Waals surface area contributed by atoms with Crippen molar-refractivity contribution in [2.45, 2.75) is 6.04 Å². The quantitative estimate of drug-likeness (QED) is 0.357. The molecule has 8 heteroatoms. The second-order valence-electron chi connectivity index (χ2n) is 7.51. The van der Waals surface area contributed by atoms with E-state index in [9.17, 15) is 0 Å². The predicted octanol–water partition coefficient (Wildman–Crippen LogP) is 5.31. The summed E-state index contributed by atoms with van der Waals surface area (Å²) in [6, 6.07) is 17.6. The Kier molecular flexibility index (Phi) is 5.66. The molecule has 2 aromatic carbocycles. The van der Waals surface area contributed by atoms with E-state index in [2.05, 4.69) is 10.3 Å². The number of anilines is 1. The summed E-state index contributed by atoms with van der Waals surface area (Å²) in [6.07, 6.45) is 3.72. The summed E-state index contributed by atoms with van der Waals surface area (Å²) in [5.74, 6) is 3.67. The molecule has 7 nitrogen and oxygen atoms in total. The van der Waals surface area contributed by atoms with E-state index >= 15 is 0 Å². The topological polar surface area (TPSA) is 74.1 Å². The Morgan fingerprint density at radius 2 is 1.76 bits per heavy atom. The normalized spacial score (nSPS) is 12.0. The van der Waals surface area contributed by atoms with E-state index < -0.39 is 0 Å². The van der Waals surface area contributed by atoms with Crippen LogP contribution >= 0.6 is 11.3 Å². The third-order valence-corrected chi connectivity index (χ3v) is 6.32. The number of nitrogens with one attached hydrogen (secondary N) is 1. The van der Waals surface area contributed by atoms with Crippen molar-refractivity contribution in [3.8, 4) is 22.2 Å². The highest BCUT2D eigenvalue weighted by molar-refractivity contribution is 7.13. The zero-order chi connectivity index (χ0) is 22.8. The van der Waals surface area contributed by atoms with Gasteiger partial charge >= 0.3 is 0 Å². The Hall–Kier alpha value is -3.91. The fraction of sp³-hybridized carbons (Fsp3) is 0.160. The number of thiophene rings is 1. The zero-order valence-electron chi connectivity index (χ0n) is 18.5. The first-order valence-corrected chi connectivity index (χ1v) is 11.3. The summed E-state index contributed by atoms with van der Waals surface area (Å²) in [4.78, 5) is 15.4. The average molecular weight is 458 g/mol. The molecule has 0 fully saturated rings. The third kappa shape index (κ3) is 4.12. The van der Waals surface area contributed by atoms with Crippen LogP contribution in [0.2, 0.25) is 0 Å². The molecule has 1 N–H and O–H groups in total. The number of ether oxygens (including phenoxy) is 2. The Bertz CT molecular complexity index is 1380. The average Bonchev–Trinajstić information content (AvgIpc) is 3.54. The van der Waals surface area contributed by atoms with Crippen LogP contribution in [-0.4, -0.2) is 33.7 Å². The fourth-order valence-electron chi connectivity index (χ4n) is 3.79. The van der Waals surface area contributed by atoms with Gasteiger partial charge in [0.25, 0.3) is 0 Å². The summed E-state index contributed by atoms with van der Waals surface area (Å²) < 4.78 is 13.0. The minimum Gasteiger partial charge on any atom is -0.497 e. The fourth-order valence-corrected chi connectivity index (χ4v) is 4.45. The third-order valence-electron chi connectivity index (χ3n) is 5.45. The molecule has 1 unspecified atom stereocenters. The van der Waals surface area contributed by atoms with Crippen molar-refractivity contribution in [1.82, 2.24) is 19.5 Å². The molecule has 0 saturated carbocycles. The van der Waals surface area contributed by atoms with Crippen LogP contribution in [0.3, 0.4) is 0 Å². The van der Waals surface area contributed by atoms with Crippen molar-refractivity contribution in [3.05, 3.63) is 83.8 Å². The summed E-state index contributed by atoms with van der Waals surface area (Å²) >= 11 is 1.62. The molecule has 3 aromatic heterocycles. The molecule has 0 saturated heterocycles. The van der Waals surface area contributed by atoms with E-state index in [-0.39, 0.29) is 6.04 Å². The Labute approximate surface area is 195 Å². The summed E-state index contributed by atoms with van der Waals surface area (Å²) in [7, 11) is 5.27. The molecule has 0 aliphatic rings. The van der Waals surface area contributed by atoms with E-state index in [1.807, 2.05) is 77.8 Å². The minimum absolute atomic E-state index is 0.302. The highest BCUT2D eigenvalue weighted by Crippen LogP contribution is 2.34. The highest BCUT2D eigenvalue weighted by atomic mass is 32.1. The SMILES string of the molecule is COc1cc(OC)cc(C(Nc2nc(-c3cccs3)nc3ccccc23)c2nccn2C)c1. The lowest BCUT2D eigenvalue weighted by Crippen LogP contribution is -2.18. The summed E-state index contributed by atoms with van der Waals surface area (Å²) in [5.41, 5.74) is 1.82. The number of hydrogen-bond acceptors (Lipinski definition) is 7. The smallest absolute Gasteiger partial charge is 0.172 e. The largest absolute Gasteiger partial charge is 0.497 e. The first kappa shape index (κ1) is 21.0. The molecule has 3 heterocycles. The summed E-state index contributed by atoms with van der Waals surface area (Å²) in [5, 5.41) is 6.61. The van der Waals surface area contributed by atoms with E-state index in [4.69, 9.17) is 19.4 Å². The van der Waals surface area contributed by atoms with Crippen LogP contribution in [0.5, 0.6) is 11.5 Å². The minimum atomic E-state index is -0.302. The standard InChI is InChI=1S/C25H23N5O2S/c1-30-11-10-26-25(30)22(16-13-17(31-2)15-18(14-16)32-3)28-23-19-7-4-5-8-20(19)27-24(29-23)21-9-6-12-33-21/h4-15,22H,1-3H3,(H,27,28,29). The van der Waals surface area contributed by atoms with Gasteiger partial charge in [-0.3, -0.25) is 0 Å². The highest BCUT2D eigenvalue weighted by Gasteiger charge is 2.22. The van der Waals surface area contributed by atoms with Gasteiger partial charge in [0, 0.05) is 30.9 Å². The number of hydrogen-bond donors (Lipinski definition) is 1. The van der Waals surface area contributed by atoms with Crippen LogP contribution in [0, 0.1) is 0 Å². The van der Waals surface area contributed by atoms with Gasteiger partial charge in [0.2, 0.25) is 0 Å². The molecular weight excluding hydrogens is 434 g/mol. The number of para-hydroxylation sites is 1. The number of aromatic nitrogens is 4. The van der Waals surface area contributed by atoms with E-state index in [0.29, 0.717) is 17.3 Å². The van der Waals surface area contributed by atoms with Crippen molar-refractivity contribution in [3.63, 3.8) is 0 Å². The van der Waals surface area contributed by atoms with Crippen LogP contribution in [0.1, 0.15) is 17.4 Å². The maximum absolute atomic E-state index is 5.52.